The van der Waals surface area contributed by atoms with Gasteiger partial charge in [0.1, 0.15) is 0 Å². The number of nitrogens with zero attached hydrogens (tertiary/aromatic N) is 2. The van der Waals surface area contributed by atoms with E-state index in [1.807, 2.05) is 63.2 Å². The number of carbonyl (C=O) groups excluding carboxylic acids is 1. The molecule has 0 aliphatic carbocycles. The molecule has 4 nitrogen and oxygen atoms in total. The van der Waals surface area contributed by atoms with E-state index in [0.29, 0.717) is 5.02 Å². The maximum Gasteiger partial charge on any atom is 0.253 e. The molecule has 3 aromatic rings. The van der Waals surface area contributed by atoms with Crippen molar-refractivity contribution < 1.29 is 4.79 Å². The molecule has 1 N–H and O–H groups in total. The van der Waals surface area contributed by atoms with Crippen molar-refractivity contribution >= 4 is 51.4 Å². The number of benzene rings is 2. The first kappa shape index (κ1) is 21.7. The molecule has 0 spiro atoms. The van der Waals surface area contributed by atoms with E-state index in [2.05, 4.69) is 43.2 Å². The number of aryl methyl sites for hydroxylation is 1. The van der Waals surface area contributed by atoms with E-state index in [1.54, 1.807) is 6.21 Å². The first-order chi connectivity index (χ1) is 13.9. The molecule has 1 atom stereocenters. The van der Waals surface area contributed by atoms with Crippen LogP contribution in [0.4, 0.5) is 0 Å². The highest BCUT2D eigenvalue weighted by Crippen LogP contribution is 2.26. The van der Waals surface area contributed by atoms with Gasteiger partial charge in [0, 0.05) is 31.3 Å². The van der Waals surface area contributed by atoms with Crippen molar-refractivity contribution in [3.8, 4) is 5.69 Å². The zero-order chi connectivity index (χ0) is 21.0. The Morgan fingerprint density at radius 3 is 2.59 bits per heavy atom. The van der Waals surface area contributed by atoms with E-state index in [1.165, 1.54) is 11.8 Å². The number of hydrogen-bond acceptors (Lipinski definition) is 3. The molecular formula is C22H21BrClN3OS. The minimum atomic E-state index is -0.277. The minimum absolute atomic E-state index is 0.152. The van der Waals surface area contributed by atoms with Crippen LogP contribution in [0.25, 0.3) is 5.69 Å². The van der Waals surface area contributed by atoms with Crippen LogP contribution in [-0.2, 0) is 4.79 Å². The summed E-state index contributed by atoms with van der Waals surface area (Å²) in [5.74, 6) is -0.152. The predicted molar refractivity (Wildman–Crippen MR) is 125 cm³/mol. The molecule has 3 rings (SSSR count). The summed E-state index contributed by atoms with van der Waals surface area (Å²) >= 11 is 11.0. The Balaban J connectivity index is 1.67. The summed E-state index contributed by atoms with van der Waals surface area (Å²) in [6.45, 7) is 5.94. The minimum Gasteiger partial charge on any atom is -0.317 e. The third-order valence-electron chi connectivity index (χ3n) is 4.44. The summed E-state index contributed by atoms with van der Waals surface area (Å²) in [6.07, 6.45) is 1.69. The zero-order valence-corrected chi connectivity index (χ0v) is 19.5. The zero-order valence-electron chi connectivity index (χ0n) is 16.3. The smallest absolute Gasteiger partial charge is 0.253 e. The molecule has 0 saturated heterocycles. The lowest BCUT2D eigenvalue weighted by Gasteiger charge is -2.11. The Kier molecular flexibility index (Phi) is 7.22. The molecule has 1 heterocycles. The lowest BCUT2D eigenvalue weighted by molar-refractivity contribution is -0.120. The fraction of sp³-hybridized carbons (Fsp3) is 0.182. The number of rotatable bonds is 6. The van der Waals surface area contributed by atoms with Crippen LogP contribution in [0.5, 0.6) is 0 Å². The fourth-order valence-electron chi connectivity index (χ4n) is 2.95. The normalized spacial score (nSPS) is 12.3. The number of hydrazone groups is 1. The highest BCUT2D eigenvalue weighted by atomic mass is 79.9. The lowest BCUT2D eigenvalue weighted by atomic mass is 10.2. The summed E-state index contributed by atoms with van der Waals surface area (Å²) in [5.41, 5.74) is 6.80. The summed E-state index contributed by atoms with van der Waals surface area (Å²) in [5, 5.41) is 4.57. The Morgan fingerprint density at radius 2 is 1.90 bits per heavy atom. The second-order valence-electron chi connectivity index (χ2n) is 6.56. The van der Waals surface area contributed by atoms with E-state index >= 15 is 0 Å². The number of amides is 1. The van der Waals surface area contributed by atoms with E-state index < -0.39 is 0 Å². The average molecular weight is 491 g/mol. The van der Waals surface area contributed by atoms with Crippen molar-refractivity contribution in [3.05, 3.63) is 81.0 Å². The number of hydrogen-bond donors (Lipinski definition) is 1. The summed E-state index contributed by atoms with van der Waals surface area (Å²) in [7, 11) is 0. The molecule has 0 aliphatic rings. The molecule has 150 valence electrons. The Hall–Kier alpha value is -2.02. The van der Waals surface area contributed by atoms with Crippen molar-refractivity contribution in [2.24, 2.45) is 5.10 Å². The molecule has 0 unspecified atom stereocenters. The van der Waals surface area contributed by atoms with Gasteiger partial charge in [-0.3, -0.25) is 4.79 Å². The summed E-state index contributed by atoms with van der Waals surface area (Å²) < 4.78 is 3.18. The molecule has 1 aromatic heterocycles. The predicted octanol–water partition coefficient (Wildman–Crippen LogP) is 6.14. The van der Waals surface area contributed by atoms with Crippen LogP contribution >= 0.6 is 39.3 Å². The number of carbonyl (C=O) groups is 1. The third kappa shape index (κ3) is 5.32. The average Bonchev–Trinajstić information content (AvgIpc) is 2.97. The van der Waals surface area contributed by atoms with Crippen LogP contribution in [0.1, 0.15) is 23.9 Å². The number of aromatic nitrogens is 1. The van der Waals surface area contributed by atoms with Crippen molar-refractivity contribution in [1.29, 1.82) is 0 Å². The van der Waals surface area contributed by atoms with Gasteiger partial charge in [-0.2, -0.15) is 5.10 Å². The second-order valence-corrected chi connectivity index (χ2v) is 9.27. The van der Waals surface area contributed by atoms with Crippen LogP contribution in [0.3, 0.4) is 0 Å². The maximum atomic E-state index is 12.3. The van der Waals surface area contributed by atoms with Crippen LogP contribution in [0.15, 0.2) is 69.1 Å². The lowest BCUT2D eigenvalue weighted by Crippen LogP contribution is -2.26. The maximum absolute atomic E-state index is 12.3. The molecule has 29 heavy (non-hydrogen) atoms. The summed E-state index contributed by atoms with van der Waals surface area (Å²) in [4.78, 5) is 13.3. The Bertz CT molecular complexity index is 1050. The van der Waals surface area contributed by atoms with Gasteiger partial charge >= 0.3 is 0 Å². The van der Waals surface area contributed by atoms with Gasteiger partial charge in [-0.15, -0.1) is 11.8 Å². The van der Waals surface area contributed by atoms with Crippen LogP contribution < -0.4 is 5.43 Å². The molecule has 1 amide bonds. The van der Waals surface area contributed by atoms with E-state index in [4.69, 9.17) is 11.6 Å². The molecule has 0 fully saturated rings. The monoisotopic (exact) mass is 489 g/mol. The molecule has 0 bridgehead atoms. The number of halogens is 2. The Morgan fingerprint density at radius 1 is 1.21 bits per heavy atom. The summed E-state index contributed by atoms with van der Waals surface area (Å²) in [6, 6.07) is 17.5. The fourth-order valence-corrected chi connectivity index (χ4v) is 4.40. The van der Waals surface area contributed by atoms with Crippen LogP contribution in [0.2, 0.25) is 5.02 Å². The number of nitrogens with one attached hydrogen (secondary N) is 1. The van der Waals surface area contributed by atoms with Crippen molar-refractivity contribution in [2.45, 2.75) is 30.9 Å². The Labute approximate surface area is 188 Å². The molecule has 0 saturated carbocycles. The molecular weight excluding hydrogens is 470 g/mol. The van der Waals surface area contributed by atoms with E-state index in [-0.39, 0.29) is 11.2 Å². The van der Waals surface area contributed by atoms with E-state index in [0.717, 1.165) is 32.0 Å². The highest BCUT2D eigenvalue weighted by molar-refractivity contribution is 9.10. The van der Waals surface area contributed by atoms with Gasteiger partial charge in [0.2, 0.25) is 0 Å². The molecule has 2 aromatic carbocycles. The van der Waals surface area contributed by atoms with Gasteiger partial charge in [-0.1, -0.05) is 23.7 Å². The standard InChI is InChI=1S/C22H21BrClN3OS/c1-14-12-17(15(2)27(14)21-7-5-4-6-20(21)23)13-25-26-22(28)16(3)29-19-10-8-18(24)9-11-19/h4-13,16H,1-3H3,(H,26,28)/b25-13-/t16-/m1/s1. The number of para-hydroxylation sites is 1. The van der Waals surface area contributed by atoms with Gasteiger partial charge in [0.25, 0.3) is 5.91 Å². The molecule has 0 aliphatic heterocycles. The largest absolute Gasteiger partial charge is 0.317 e. The topological polar surface area (TPSA) is 46.4 Å². The quantitative estimate of drug-likeness (QED) is 0.256. The SMILES string of the molecule is Cc1cc(/C=N\NC(=O)[C@@H](C)Sc2ccc(Cl)cc2)c(C)n1-c1ccccc1Br. The van der Waals surface area contributed by atoms with Crippen molar-refractivity contribution in [1.82, 2.24) is 9.99 Å². The molecule has 7 heteroatoms. The number of thioether (sulfide) groups is 1. The molecule has 0 radical (unpaired) electrons. The second kappa shape index (κ2) is 9.65. The van der Waals surface area contributed by atoms with Gasteiger partial charge in [-0.25, -0.2) is 5.43 Å². The van der Waals surface area contributed by atoms with Crippen molar-refractivity contribution in [2.75, 3.05) is 0 Å². The first-order valence-corrected chi connectivity index (χ1v) is 11.1. The van der Waals surface area contributed by atoms with Crippen molar-refractivity contribution in [3.63, 3.8) is 0 Å². The van der Waals surface area contributed by atoms with Gasteiger partial charge in [0.15, 0.2) is 0 Å². The third-order valence-corrected chi connectivity index (χ3v) is 6.47. The van der Waals surface area contributed by atoms with Crippen LogP contribution in [-0.4, -0.2) is 21.9 Å². The van der Waals surface area contributed by atoms with E-state index in [9.17, 15) is 4.79 Å². The van der Waals surface area contributed by atoms with Gasteiger partial charge < -0.3 is 4.57 Å². The van der Waals surface area contributed by atoms with Gasteiger partial charge in [0.05, 0.1) is 17.2 Å². The first-order valence-electron chi connectivity index (χ1n) is 9.06. The van der Waals surface area contributed by atoms with Gasteiger partial charge in [-0.05, 0) is 79.2 Å². The highest BCUT2D eigenvalue weighted by Gasteiger charge is 2.14. The van der Waals surface area contributed by atoms with Crippen LogP contribution in [0, 0.1) is 13.8 Å².